The predicted octanol–water partition coefficient (Wildman–Crippen LogP) is 5.54. The first-order valence-corrected chi connectivity index (χ1v) is 14.2. The van der Waals surface area contributed by atoms with Gasteiger partial charge in [0, 0.05) is 6.61 Å². The summed E-state index contributed by atoms with van der Waals surface area (Å²) in [5.41, 5.74) is 0. The Kier molecular flexibility index (Phi) is 19.3. The van der Waals surface area contributed by atoms with Gasteiger partial charge in [0.15, 0.2) is 0 Å². The van der Waals surface area contributed by atoms with Gasteiger partial charge in [0.05, 0.1) is 34.4 Å². The first-order chi connectivity index (χ1) is 15.0. The molecule has 7 nitrogen and oxygen atoms in total. The second-order valence-electron chi connectivity index (χ2n) is 10.4. The molecule has 2 N–H and O–H groups in total. The minimum atomic E-state index is -4.14. The predicted molar refractivity (Wildman–Crippen MR) is 132 cm³/mol. The van der Waals surface area contributed by atoms with Crippen LogP contribution in [0.25, 0.3) is 0 Å². The van der Waals surface area contributed by atoms with Crippen LogP contribution in [-0.4, -0.2) is 74.7 Å². The summed E-state index contributed by atoms with van der Waals surface area (Å²) >= 11 is 0. The van der Waals surface area contributed by atoms with E-state index in [9.17, 15) is 14.6 Å². The van der Waals surface area contributed by atoms with Crippen molar-refractivity contribution in [2.75, 3.05) is 54.1 Å². The molecule has 0 aromatic rings. The molecule has 0 spiro atoms. The van der Waals surface area contributed by atoms with E-state index in [4.69, 9.17) is 13.8 Å². The lowest BCUT2D eigenvalue weighted by atomic mass is 10.0. The molecule has 32 heavy (non-hydrogen) atoms. The summed E-state index contributed by atoms with van der Waals surface area (Å²) in [4.78, 5) is 9.62. The molecule has 0 aromatic heterocycles. The van der Waals surface area contributed by atoms with Crippen LogP contribution in [0.2, 0.25) is 0 Å². The second-order valence-corrected chi connectivity index (χ2v) is 11.9. The lowest BCUT2D eigenvalue weighted by Gasteiger charge is -2.24. The van der Waals surface area contributed by atoms with E-state index in [-0.39, 0.29) is 19.8 Å². The first kappa shape index (κ1) is 32.0. The molecule has 0 radical (unpaired) electrons. The van der Waals surface area contributed by atoms with Crippen LogP contribution >= 0.6 is 7.82 Å². The average Bonchev–Trinajstić information content (AvgIpc) is 2.68. The van der Waals surface area contributed by atoms with Gasteiger partial charge in [0.1, 0.15) is 19.3 Å². The Morgan fingerprint density at radius 3 is 1.75 bits per heavy atom. The fourth-order valence-corrected chi connectivity index (χ4v) is 4.01. The summed E-state index contributed by atoms with van der Waals surface area (Å²) in [5, 5.41) is 9.84. The van der Waals surface area contributed by atoms with E-state index < -0.39 is 13.9 Å². The molecule has 8 heteroatoms. The quantitative estimate of drug-likeness (QED) is 0.113. The van der Waals surface area contributed by atoms with Gasteiger partial charge < -0.3 is 19.2 Å². The number of likely N-dealkylation sites (N-methyl/N-ethyl adjacent to an activating group) is 1. The van der Waals surface area contributed by atoms with E-state index in [1.54, 1.807) is 0 Å². The molecule has 2 atom stereocenters. The molecule has 0 heterocycles. The summed E-state index contributed by atoms with van der Waals surface area (Å²) in [6, 6.07) is 0. The van der Waals surface area contributed by atoms with E-state index in [0.29, 0.717) is 17.6 Å². The van der Waals surface area contributed by atoms with Gasteiger partial charge in [0.25, 0.3) is 0 Å². The van der Waals surface area contributed by atoms with Gasteiger partial charge in [-0.15, -0.1) is 0 Å². The van der Waals surface area contributed by atoms with Crippen LogP contribution in [0.4, 0.5) is 0 Å². The summed E-state index contributed by atoms with van der Waals surface area (Å²) in [5.74, 6) is 0.842. The van der Waals surface area contributed by atoms with Gasteiger partial charge in [-0.25, -0.2) is 4.57 Å². The monoisotopic (exact) mass is 482 g/mol. The fraction of sp³-hybridized carbons (Fsp3) is 1.00. The molecular formula is C24H53NO6P+. The Labute approximate surface area is 198 Å². The van der Waals surface area contributed by atoms with Crippen molar-refractivity contribution in [3.63, 3.8) is 0 Å². The van der Waals surface area contributed by atoms with Crippen LogP contribution in [-0.2, 0) is 18.3 Å². The highest BCUT2D eigenvalue weighted by Gasteiger charge is 2.24. The smallest absolute Gasteiger partial charge is 0.388 e. The summed E-state index contributed by atoms with van der Waals surface area (Å²) in [6.07, 6.45) is 14.6. The van der Waals surface area contributed by atoms with E-state index in [0.717, 1.165) is 18.8 Å². The molecule has 194 valence electrons. The van der Waals surface area contributed by atoms with Gasteiger partial charge in [0.2, 0.25) is 0 Å². The van der Waals surface area contributed by atoms with Crippen molar-refractivity contribution in [2.45, 2.75) is 97.0 Å². The second kappa shape index (κ2) is 19.3. The zero-order valence-corrected chi connectivity index (χ0v) is 22.5. The zero-order valence-electron chi connectivity index (χ0n) is 21.6. The van der Waals surface area contributed by atoms with Crippen molar-refractivity contribution >= 4 is 7.82 Å². The maximum absolute atomic E-state index is 11.8. The lowest BCUT2D eigenvalue weighted by molar-refractivity contribution is -0.870. The first-order valence-electron chi connectivity index (χ1n) is 12.7. The molecule has 0 bridgehead atoms. The molecule has 1 unspecified atom stereocenters. The van der Waals surface area contributed by atoms with E-state index >= 15 is 0 Å². The van der Waals surface area contributed by atoms with Crippen molar-refractivity contribution in [1.82, 2.24) is 0 Å². The van der Waals surface area contributed by atoms with E-state index in [1.807, 2.05) is 21.1 Å². The third-order valence-corrected chi connectivity index (χ3v) is 6.31. The van der Waals surface area contributed by atoms with Crippen LogP contribution in [0.15, 0.2) is 0 Å². The van der Waals surface area contributed by atoms with Crippen LogP contribution in [0.3, 0.4) is 0 Å². The van der Waals surface area contributed by atoms with Crippen molar-refractivity contribution in [1.29, 1.82) is 0 Å². The number of rotatable bonds is 23. The van der Waals surface area contributed by atoms with E-state index in [2.05, 4.69) is 13.8 Å². The SMILES string of the molecule is CC(C)CCCCCCCCCCCCCOC[C@@H](O)COP(=O)(O)OCC[N+](C)(C)C. The van der Waals surface area contributed by atoms with Crippen molar-refractivity contribution in [3.8, 4) is 0 Å². The molecule has 0 rings (SSSR count). The Morgan fingerprint density at radius 1 is 0.750 bits per heavy atom. The van der Waals surface area contributed by atoms with Gasteiger partial charge in [-0.05, 0) is 12.3 Å². The topological polar surface area (TPSA) is 85.2 Å². The number of hydrogen-bond acceptors (Lipinski definition) is 5. The molecule has 0 aliphatic carbocycles. The summed E-state index contributed by atoms with van der Waals surface area (Å²) in [6.45, 7) is 5.69. The molecular weight excluding hydrogens is 429 g/mol. The average molecular weight is 483 g/mol. The number of unbranched alkanes of at least 4 members (excludes halogenated alkanes) is 10. The van der Waals surface area contributed by atoms with Gasteiger partial charge >= 0.3 is 7.82 Å². The van der Waals surface area contributed by atoms with Crippen molar-refractivity contribution in [3.05, 3.63) is 0 Å². The maximum Gasteiger partial charge on any atom is 0.472 e. The van der Waals surface area contributed by atoms with Crippen LogP contribution in [0.5, 0.6) is 0 Å². The third-order valence-electron chi connectivity index (χ3n) is 5.33. The largest absolute Gasteiger partial charge is 0.472 e. The highest BCUT2D eigenvalue weighted by molar-refractivity contribution is 7.47. The molecule has 0 aliphatic heterocycles. The molecule has 0 aromatic carbocycles. The Bertz CT molecular complexity index is 470. The molecule has 0 saturated carbocycles. The van der Waals surface area contributed by atoms with Gasteiger partial charge in [-0.2, -0.15) is 0 Å². The number of ether oxygens (including phenoxy) is 1. The maximum atomic E-state index is 11.8. The van der Waals surface area contributed by atoms with Crippen molar-refractivity contribution in [2.24, 2.45) is 5.92 Å². The number of phosphoric acid groups is 1. The number of aliphatic hydroxyl groups is 1. The normalized spacial score (nSPS) is 15.2. The molecule has 0 aliphatic rings. The minimum absolute atomic E-state index is 0.0933. The fourth-order valence-electron chi connectivity index (χ4n) is 3.26. The van der Waals surface area contributed by atoms with E-state index in [1.165, 1.54) is 64.2 Å². The van der Waals surface area contributed by atoms with Gasteiger partial charge in [-0.1, -0.05) is 84.5 Å². The van der Waals surface area contributed by atoms with Crippen LogP contribution in [0.1, 0.15) is 90.9 Å². The third kappa shape index (κ3) is 24.6. The summed E-state index contributed by atoms with van der Waals surface area (Å²) in [7, 11) is 1.76. The molecule has 0 saturated heterocycles. The number of phosphoric ester groups is 1. The number of nitrogens with zero attached hydrogens (tertiary/aromatic N) is 1. The number of hydrogen-bond donors (Lipinski definition) is 2. The Morgan fingerprint density at radius 2 is 1.25 bits per heavy atom. The standard InChI is InChI=1S/C24H52NO6P/c1-23(2)17-15-13-11-9-7-6-8-10-12-14-16-19-29-21-24(26)22-31-32(27,28)30-20-18-25(3,4)5/h23-24,26H,6-22H2,1-5H3/p+1/t24-/m1/s1. The Hall–Kier alpha value is -0.0100. The van der Waals surface area contributed by atoms with Crippen LogP contribution < -0.4 is 0 Å². The Balaban J connectivity index is 3.42. The molecule has 0 fully saturated rings. The van der Waals surface area contributed by atoms with Gasteiger partial charge in [-0.3, -0.25) is 9.05 Å². The summed E-state index contributed by atoms with van der Waals surface area (Å²) < 4.78 is 27.6. The van der Waals surface area contributed by atoms with Crippen LogP contribution in [0, 0.1) is 5.92 Å². The minimum Gasteiger partial charge on any atom is -0.388 e. The highest BCUT2D eigenvalue weighted by atomic mass is 31.2. The zero-order chi connectivity index (χ0) is 24.3. The number of quaternary nitrogens is 1. The van der Waals surface area contributed by atoms with Crippen molar-refractivity contribution < 1.29 is 32.8 Å². The molecule has 0 amide bonds. The highest BCUT2D eigenvalue weighted by Crippen LogP contribution is 2.43. The number of aliphatic hydroxyl groups excluding tert-OH is 1. The lowest BCUT2D eigenvalue weighted by Crippen LogP contribution is -2.37.